The first kappa shape index (κ1) is 19.0. The molecule has 1 saturated carbocycles. The number of benzene rings is 1. The van der Waals surface area contributed by atoms with E-state index in [0.717, 1.165) is 35.1 Å². The molecule has 2 fully saturated rings. The van der Waals surface area contributed by atoms with E-state index in [-0.39, 0.29) is 17.6 Å². The van der Waals surface area contributed by atoms with Crippen molar-refractivity contribution in [3.63, 3.8) is 0 Å². The van der Waals surface area contributed by atoms with Gasteiger partial charge in [-0.25, -0.2) is 9.37 Å². The number of aryl methyl sites for hydroxylation is 2. The molecule has 2 aliphatic rings. The number of fused-ring (bicyclic) bond motifs is 2. The van der Waals surface area contributed by atoms with Crippen LogP contribution in [0.1, 0.15) is 70.8 Å². The van der Waals surface area contributed by atoms with E-state index in [0.29, 0.717) is 18.2 Å². The Hall–Kier alpha value is -2.67. The molecule has 0 bridgehead atoms. The summed E-state index contributed by atoms with van der Waals surface area (Å²) >= 11 is 1.77. The van der Waals surface area contributed by atoms with Gasteiger partial charge in [0.05, 0.1) is 5.69 Å². The summed E-state index contributed by atoms with van der Waals surface area (Å²) in [5, 5.41) is 2.99. The van der Waals surface area contributed by atoms with Crippen LogP contribution in [-0.4, -0.2) is 38.3 Å². The van der Waals surface area contributed by atoms with Crippen LogP contribution in [-0.2, 0) is 0 Å². The fraction of sp³-hybridized carbons (Fsp3) is 0.417. The Bertz CT molecular complexity index is 1330. The average Bonchev–Trinajstić information content (AvgIpc) is 3.47. The van der Waals surface area contributed by atoms with Gasteiger partial charge in [0.15, 0.2) is 0 Å². The molecule has 1 saturated heterocycles. The topological polar surface area (TPSA) is 53.4 Å². The lowest BCUT2D eigenvalue weighted by atomic mass is 9.85. The van der Waals surface area contributed by atoms with Gasteiger partial charge in [0.25, 0.3) is 5.91 Å². The number of nitrogens with zero attached hydrogens (tertiary/aromatic N) is 3. The number of nitrogens with one attached hydrogen (secondary N) is 1. The number of aromatic nitrogens is 3. The van der Waals surface area contributed by atoms with Crippen LogP contribution >= 0.6 is 11.3 Å². The maximum absolute atomic E-state index is 13.7. The number of thiazole rings is 1. The number of H-pyrrole nitrogens is 1. The van der Waals surface area contributed by atoms with Crippen LogP contribution in [0.15, 0.2) is 23.6 Å². The Labute approximate surface area is 183 Å². The zero-order chi connectivity index (χ0) is 21.3. The maximum Gasteiger partial charge on any atom is 0.270 e. The molecule has 31 heavy (non-hydrogen) atoms. The molecule has 1 N–H and O–H groups in total. The molecule has 160 valence electrons. The Morgan fingerprint density at radius 2 is 2.06 bits per heavy atom. The van der Waals surface area contributed by atoms with Crippen molar-refractivity contribution in [3.05, 3.63) is 57.9 Å². The summed E-state index contributed by atoms with van der Waals surface area (Å²) in [7, 11) is 0. The quantitative estimate of drug-likeness (QED) is 0.459. The number of amides is 1. The van der Waals surface area contributed by atoms with Crippen molar-refractivity contribution in [2.75, 3.05) is 13.1 Å². The fourth-order valence-electron chi connectivity index (χ4n) is 5.13. The summed E-state index contributed by atoms with van der Waals surface area (Å²) < 4.78 is 16.0. The zero-order valence-corrected chi connectivity index (χ0v) is 18.6. The van der Waals surface area contributed by atoms with Gasteiger partial charge in [-0.05, 0) is 56.9 Å². The molecule has 1 atom stereocenters. The Balaban J connectivity index is 1.30. The SMILES string of the molecule is Cc1c(C(=O)N2CC[C@H](c3nc(C4CCC4)n4c(C)csc34)C2)[nH]c2ccc(F)cc12. The minimum atomic E-state index is -0.285. The molecule has 1 aromatic carbocycles. The van der Waals surface area contributed by atoms with Crippen molar-refractivity contribution < 1.29 is 9.18 Å². The summed E-state index contributed by atoms with van der Waals surface area (Å²) in [6.07, 6.45) is 4.66. The Kier molecular flexibility index (Phi) is 4.25. The monoisotopic (exact) mass is 436 g/mol. The molecule has 4 heterocycles. The molecule has 1 amide bonds. The number of carbonyl (C=O) groups is 1. The molecule has 0 spiro atoms. The molecule has 7 heteroatoms. The van der Waals surface area contributed by atoms with E-state index in [1.807, 2.05) is 11.8 Å². The first-order valence-corrected chi connectivity index (χ1v) is 11.9. The van der Waals surface area contributed by atoms with Gasteiger partial charge in [-0.2, -0.15) is 0 Å². The van der Waals surface area contributed by atoms with Gasteiger partial charge >= 0.3 is 0 Å². The minimum Gasteiger partial charge on any atom is -0.350 e. The molecule has 5 nitrogen and oxygen atoms in total. The van der Waals surface area contributed by atoms with Crippen LogP contribution in [0.25, 0.3) is 15.7 Å². The fourth-order valence-corrected chi connectivity index (χ4v) is 6.20. The maximum atomic E-state index is 13.7. The highest BCUT2D eigenvalue weighted by Crippen LogP contribution is 2.41. The summed E-state index contributed by atoms with van der Waals surface area (Å²) in [5.74, 6) is 1.75. The number of rotatable bonds is 3. The van der Waals surface area contributed by atoms with E-state index < -0.39 is 0 Å². The molecule has 3 aromatic heterocycles. The standard InChI is InChI=1S/C24H25FN4OS/c1-13-12-31-24-21(27-22(29(13)24)15-4-3-5-15)16-8-9-28(11-16)23(30)20-14(2)18-10-17(25)6-7-19(18)26-20/h6-7,10,12,15-16,26H,3-5,8-9,11H2,1-2H3/t16-/m0/s1. The van der Waals surface area contributed by atoms with Crippen LogP contribution in [0.2, 0.25) is 0 Å². The van der Waals surface area contributed by atoms with E-state index in [2.05, 4.69) is 21.7 Å². The van der Waals surface area contributed by atoms with E-state index in [4.69, 9.17) is 4.98 Å². The van der Waals surface area contributed by atoms with Gasteiger partial charge in [0.2, 0.25) is 0 Å². The van der Waals surface area contributed by atoms with Gasteiger partial charge in [0, 0.05) is 46.9 Å². The van der Waals surface area contributed by atoms with Gasteiger partial charge in [-0.1, -0.05) is 6.42 Å². The van der Waals surface area contributed by atoms with Gasteiger partial charge < -0.3 is 9.88 Å². The highest BCUT2D eigenvalue weighted by atomic mass is 32.1. The largest absolute Gasteiger partial charge is 0.350 e. The molecular weight excluding hydrogens is 411 g/mol. The lowest BCUT2D eigenvalue weighted by Crippen LogP contribution is -2.29. The van der Waals surface area contributed by atoms with Crippen molar-refractivity contribution in [3.8, 4) is 0 Å². The summed E-state index contributed by atoms with van der Waals surface area (Å²) in [6.45, 7) is 5.44. The lowest BCUT2D eigenvalue weighted by Gasteiger charge is -2.24. The molecule has 6 rings (SSSR count). The first-order chi connectivity index (χ1) is 15.0. The van der Waals surface area contributed by atoms with Gasteiger partial charge in [-0.3, -0.25) is 9.20 Å². The Morgan fingerprint density at radius 3 is 2.84 bits per heavy atom. The normalized spacial score (nSPS) is 19.6. The average molecular weight is 437 g/mol. The number of aromatic amines is 1. The second kappa shape index (κ2) is 6.92. The first-order valence-electron chi connectivity index (χ1n) is 11.0. The smallest absolute Gasteiger partial charge is 0.270 e. The van der Waals surface area contributed by atoms with E-state index in [1.165, 1.54) is 47.7 Å². The second-order valence-electron chi connectivity index (χ2n) is 9.05. The van der Waals surface area contributed by atoms with Gasteiger partial charge in [0.1, 0.15) is 22.2 Å². The van der Waals surface area contributed by atoms with E-state index in [1.54, 1.807) is 17.4 Å². The molecule has 0 radical (unpaired) electrons. The molecule has 0 unspecified atom stereocenters. The van der Waals surface area contributed by atoms with E-state index in [9.17, 15) is 9.18 Å². The number of halogens is 1. The van der Waals surface area contributed by atoms with Crippen LogP contribution in [0.3, 0.4) is 0 Å². The highest BCUT2D eigenvalue weighted by molar-refractivity contribution is 7.15. The van der Waals surface area contributed by atoms with Crippen LogP contribution in [0.5, 0.6) is 0 Å². The third kappa shape index (κ3) is 2.86. The zero-order valence-electron chi connectivity index (χ0n) is 17.7. The number of carbonyl (C=O) groups excluding carboxylic acids is 1. The third-order valence-electron chi connectivity index (χ3n) is 7.15. The van der Waals surface area contributed by atoms with Crippen LogP contribution < -0.4 is 0 Å². The van der Waals surface area contributed by atoms with E-state index >= 15 is 0 Å². The van der Waals surface area contributed by atoms with Crippen molar-refractivity contribution in [2.45, 2.75) is 51.4 Å². The van der Waals surface area contributed by atoms with Crippen molar-refractivity contribution in [2.24, 2.45) is 0 Å². The number of likely N-dealkylation sites (tertiary alicyclic amines) is 1. The number of hydrogen-bond acceptors (Lipinski definition) is 3. The molecule has 1 aliphatic heterocycles. The van der Waals surface area contributed by atoms with Gasteiger partial charge in [-0.15, -0.1) is 11.3 Å². The van der Waals surface area contributed by atoms with Crippen molar-refractivity contribution in [1.29, 1.82) is 0 Å². The third-order valence-corrected chi connectivity index (χ3v) is 8.22. The van der Waals surface area contributed by atoms with Crippen LogP contribution in [0, 0.1) is 19.7 Å². The summed E-state index contributed by atoms with van der Waals surface area (Å²) in [5.41, 5.74) is 4.60. The predicted octanol–water partition coefficient (Wildman–Crippen LogP) is 5.53. The number of hydrogen-bond donors (Lipinski definition) is 1. The summed E-state index contributed by atoms with van der Waals surface area (Å²) in [4.78, 5) is 24.8. The molecule has 4 aromatic rings. The highest BCUT2D eigenvalue weighted by Gasteiger charge is 2.34. The molecule has 1 aliphatic carbocycles. The minimum absolute atomic E-state index is 0.00589. The van der Waals surface area contributed by atoms with Crippen molar-refractivity contribution in [1.82, 2.24) is 19.3 Å². The molecular formula is C24H25FN4OS. The Morgan fingerprint density at radius 1 is 1.23 bits per heavy atom. The van der Waals surface area contributed by atoms with Crippen LogP contribution in [0.4, 0.5) is 4.39 Å². The van der Waals surface area contributed by atoms with Crippen molar-refractivity contribution >= 4 is 33.0 Å². The summed E-state index contributed by atoms with van der Waals surface area (Å²) in [6, 6.07) is 4.61. The second-order valence-corrected chi connectivity index (χ2v) is 9.91. The number of imidazole rings is 1. The predicted molar refractivity (Wildman–Crippen MR) is 121 cm³/mol. The lowest BCUT2D eigenvalue weighted by molar-refractivity contribution is 0.0785.